The van der Waals surface area contributed by atoms with Gasteiger partial charge in [-0.3, -0.25) is 9.89 Å². The van der Waals surface area contributed by atoms with Crippen molar-refractivity contribution < 1.29 is 4.74 Å². The first-order valence-electron chi connectivity index (χ1n) is 9.87. The summed E-state index contributed by atoms with van der Waals surface area (Å²) in [5.41, 5.74) is 0. The van der Waals surface area contributed by atoms with Crippen molar-refractivity contribution in [1.29, 1.82) is 0 Å². The number of fused-ring (bicyclic) bond motifs is 1. The average Bonchev–Trinajstić information content (AvgIpc) is 3.08. The van der Waals surface area contributed by atoms with E-state index in [1.165, 1.54) is 0 Å². The maximum Gasteiger partial charge on any atom is 0.191 e. The molecule has 1 saturated heterocycles. The van der Waals surface area contributed by atoms with Gasteiger partial charge in [0.25, 0.3) is 0 Å². The van der Waals surface area contributed by atoms with Gasteiger partial charge in [-0.05, 0) is 12.3 Å². The number of hydrogen-bond acceptors (Lipinski definition) is 5. The lowest BCUT2D eigenvalue weighted by atomic mass is 10.1. The largest absolute Gasteiger partial charge is 0.379 e. The highest BCUT2D eigenvalue weighted by Gasteiger charge is 2.22. The second-order valence-corrected chi connectivity index (χ2v) is 7.33. The molecule has 0 saturated carbocycles. The zero-order valence-electron chi connectivity index (χ0n) is 16.4. The molecule has 8 nitrogen and oxygen atoms in total. The van der Waals surface area contributed by atoms with Crippen LogP contribution in [0.1, 0.15) is 31.9 Å². The minimum absolute atomic E-state index is 0.342. The highest BCUT2D eigenvalue weighted by atomic mass is 16.5. The molecule has 3 rings (SSSR count). The summed E-state index contributed by atoms with van der Waals surface area (Å²) in [7, 11) is 1.83. The van der Waals surface area contributed by atoms with Gasteiger partial charge in [-0.1, -0.05) is 13.8 Å². The first-order chi connectivity index (χ1) is 12.7. The van der Waals surface area contributed by atoms with Gasteiger partial charge in [-0.2, -0.15) is 5.10 Å². The van der Waals surface area contributed by atoms with Gasteiger partial charge in [0.2, 0.25) is 0 Å². The van der Waals surface area contributed by atoms with Crippen molar-refractivity contribution in [2.45, 2.75) is 45.7 Å². The lowest BCUT2D eigenvalue weighted by Gasteiger charge is -2.30. The van der Waals surface area contributed by atoms with Gasteiger partial charge in [-0.25, -0.2) is 9.67 Å². The van der Waals surface area contributed by atoms with E-state index < -0.39 is 0 Å². The summed E-state index contributed by atoms with van der Waals surface area (Å²) < 4.78 is 7.47. The smallest absolute Gasteiger partial charge is 0.191 e. The third-order valence-corrected chi connectivity index (χ3v) is 5.07. The van der Waals surface area contributed by atoms with Crippen molar-refractivity contribution in [3.8, 4) is 0 Å². The summed E-state index contributed by atoms with van der Waals surface area (Å²) in [6.07, 6.45) is 2.92. The molecule has 2 atom stereocenters. The van der Waals surface area contributed by atoms with E-state index in [0.717, 1.165) is 82.8 Å². The maximum absolute atomic E-state index is 5.42. The van der Waals surface area contributed by atoms with E-state index in [1.807, 2.05) is 11.7 Å². The van der Waals surface area contributed by atoms with Crippen LogP contribution in [0.25, 0.3) is 0 Å². The van der Waals surface area contributed by atoms with E-state index in [9.17, 15) is 0 Å². The van der Waals surface area contributed by atoms with Crippen LogP contribution in [0.5, 0.6) is 0 Å². The van der Waals surface area contributed by atoms with Crippen molar-refractivity contribution in [2.24, 2.45) is 10.9 Å². The molecule has 2 N–H and O–H groups in total. The third-order valence-electron chi connectivity index (χ3n) is 5.07. The van der Waals surface area contributed by atoms with Crippen LogP contribution in [0.3, 0.4) is 0 Å². The predicted molar refractivity (Wildman–Crippen MR) is 102 cm³/mol. The molecule has 1 fully saturated rings. The van der Waals surface area contributed by atoms with Gasteiger partial charge in [0.05, 0.1) is 19.8 Å². The number of hydrogen-bond donors (Lipinski definition) is 2. The fraction of sp³-hybridized carbons (Fsp3) is 0.833. The standard InChI is InChI=1S/C18H33N7O/c1-4-16-22-17-6-5-15(13-25(17)23-16)21-18(19-3)20-11-14(2)12-24-7-9-26-10-8-24/h14-15H,4-13H2,1-3H3,(H2,19,20,21). The molecular weight excluding hydrogens is 330 g/mol. The Morgan fingerprint density at radius 3 is 2.92 bits per heavy atom. The molecule has 0 radical (unpaired) electrons. The van der Waals surface area contributed by atoms with Crippen molar-refractivity contribution >= 4 is 5.96 Å². The molecule has 2 aliphatic rings. The number of ether oxygens (including phenoxy) is 1. The molecular formula is C18H33N7O. The Kier molecular flexibility index (Phi) is 6.85. The Morgan fingerprint density at radius 2 is 2.19 bits per heavy atom. The normalized spacial score (nSPS) is 22.7. The van der Waals surface area contributed by atoms with Crippen LogP contribution in [0.4, 0.5) is 0 Å². The Hall–Kier alpha value is -1.67. The van der Waals surface area contributed by atoms with Gasteiger partial charge < -0.3 is 15.4 Å². The lowest BCUT2D eigenvalue weighted by molar-refractivity contribution is 0.0320. The molecule has 0 amide bonds. The van der Waals surface area contributed by atoms with Crippen LogP contribution in [0.15, 0.2) is 4.99 Å². The quantitative estimate of drug-likeness (QED) is 0.559. The number of nitrogens with zero attached hydrogens (tertiary/aromatic N) is 5. The number of morpholine rings is 1. The van der Waals surface area contributed by atoms with Gasteiger partial charge in [0.1, 0.15) is 5.82 Å². The molecule has 0 aliphatic carbocycles. The number of aliphatic imine (C=N–C) groups is 1. The van der Waals surface area contributed by atoms with E-state index in [4.69, 9.17) is 4.74 Å². The molecule has 1 aromatic rings. The monoisotopic (exact) mass is 363 g/mol. The lowest BCUT2D eigenvalue weighted by Crippen LogP contribution is -2.49. The van der Waals surface area contributed by atoms with E-state index in [1.54, 1.807) is 0 Å². The minimum atomic E-state index is 0.342. The van der Waals surface area contributed by atoms with Crippen molar-refractivity contribution in [1.82, 2.24) is 30.3 Å². The first kappa shape index (κ1) is 19.1. The second-order valence-electron chi connectivity index (χ2n) is 7.33. The van der Waals surface area contributed by atoms with Crippen molar-refractivity contribution in [3.05, 3.63) is 11.6 Å². The van der Waals surface area contributed by atoms with E-state index >= 15 is 0 Å². The predicted octanol–water partition coefficient (Wildman–Crippen LogP) is 0.289. The maximum atomic E-state index is 5.42. The Labute approximate surface area is 156 Å². The first-order valence-corrected chi connectivity index (χ1v) is 9.87. The van der Waals surface area contributed by atoms with Crippen LogP contribution >= 0.6 is 0 Å². The van der Waals surface area contributed by atoms with Gasteiger partial charge in [0, 0.05) is 52.1 Å². The zero-order valence-corrected chi connectivity index (χ0v) is 16.4. The average molecular weight is 364 g/mol. The third kappa shape index (κ3) is 5.17. The second kappa shape index (κ2) is 9.32. The van der Waals surface area contributed by atoms with Crippen LogP contribution in [0, 0.1) is 5.92 Å². The molecule has 3 heterocycles. The zero-order chi connectivity index (χ0) is 18.4. The Bertz CT molecular complexity index is 594. The van der Waals surface area contributed by atoms with Gasteiger partial charge >= 0.3 is 0 Å². The molecule has 0 bridgehead atoms. The molecule has 1 aromatic heterocycles. The van der Waals surface area contributed by atoms with E-state index in [0.29, 0.717) is 12.0 Å². The van der Waals surface area contributed by atoms with Crippen LogP contribution in [-0.2, 0) is 24.1 Å². The SMILES string of the molecule is CCc1nc2n(n1)CC(NC(=NC)NCC(C)CN1CCOCC1)CC2. The molecule has 0 aromatic carbocycles. The molecule has 26 heavy (non-hydrogen) atoms. The summed E-state index contributed by atoms with van der Waals surface area (Å²) in [4.78, 5) is 11.5. The van der Waals surface area contributed by atoms with Crippen molar-refractivity contribution in [2.75, 3.05) is 46.4 Å². The van der Waals surface area contributed by atoms with Gasteiger partial charge in [0.15, 0.2) is 11.8 Å². The Balaban J connectivity index is 1.43. The summed E-state index contributed by atoms with van der Waals surface area (Å²) >= 11 is 0. The fourth-order valence-electron chi connectivity index (χ4n) is 3.58. The topological polar surface area (TPSA) is 79.6 Å². The molecule has 2 unspecified atom stereocenters. The summed E-state index contributed by atoms with van der Waals surface area (Å²) in [6, 6.07) is 0.342. The van der Waals surface area contributed by atoms with Crippen LogP contribution in [0.2, 0.25) is 0 Å². The molecule has 0 spiro atoms. The fourth-order valence-corrected chi connectivity index (χ4v) is 3.58. The number of aromatic nitrogens is 3. The Morgan fingerprint density at radius 1 is 1.38 bits per heavy atom. The summed E-state index contributed by atoms with van der Waals surface area (Å²) in [6.45, 7) is 11.0. The van der Waals surface area contributed by atoms with Crippen LogP contribution in [-0.4, -0.2) is 78.1 Å². The van der Waals surface area contributed by atoms with E-state index in [-0.39, 0.29) is 0 Å². The number of guanidine groups is 1. The molecule has 8 heteroatoms. The number of nitrogens with one attached hydrogen (secondary N) is 2. The summed E-state index contributed by atoms with van der Waals surface area (Å²) in [5.74, 6) is 3.50. The highest BCUT2D eigenvalue weighted by Crippen LogP contribution is 2.13. The summed E-state index contributed by atoms with van der Waals surface area (Å²) in [5, 5.41) is 11.6. The van der Waals surface area contributed by atoms with Crippen LogP contribution < -0.4 is 10.6 Å². The van der Waals surface area contributed by atoms with E-state index in [2.05, 4.69) is 44.5 Å². The van der Waals surface area contributed by atoms with Gasteiger partial charge in [-0.15, -0.1) is 0 Å². The molecule has 2 aliphatic heterocycles. The number of rotatable bonds is 6. The minimum Gasteiger partial charge on any atom is -0.379 e. The molecule has 146 valence electrons. The van der Waals surface area contributed by atoms with Crippen molar-refractivity contribution in [3.63, 3.8) is 0 Å². The number of aryl methyl sites for hydroxylation is 2. The highest BCUT2D eigenvalue weighted by molar-refractivity contribution is 5.79.